The number of nitrogens with zero attached hydrogens (tertiary/aromatic N) is 2. The molecular formula is C22H20FN3O3. The molecule has 0 unspecified atom stereocenters. The van der Waals surface area contributed by atoms with Crippen LogP contribution in [0, 0.1) is 15.9 Å². The molecule has 6 nitrogen and oxygen atoms in total. The Bertz CT molecular complexity index is 994. The zero-order chi connectivity index (χ0) is 20.8. The molecule has 2 amide bonds. The number of carbonyl (C=O) groups excluding carboxylic acids is 1. The topological polar surface area (TPSA) is 75.5 Å². The molecule has 0 spiro atoms. The van der Waals surface area contributed by atoms with Gasteiger partial charge in [0, 0.05) is 24.4 Å². The van der Waals surface area contributed by atoms with Crippen molar-refractivity contribution in [3.8, 4) is 0 Å². The third-order valence-corrected chi connectivity index (χ3v) is 4.52. The van der Waals surface area contributed by atoms with E-state index < -0.39 is 17.0 Å². The molecular weight excluding hydrogens is 373 g/mol. The highest BCUT2D eigenvalue weighted by molar-refractivity contribution is 5.90. The Hall–Kier alpha value is -3.74. The first-order valence-electron chi connectivity index (χ1n) is 9.12. The number of non-ortho nitro benzene ring substituents is 1. The van der Waals surface area contributed by atoms with Crippen LogP contribution < -0.4 is 5.32 Å². The highest BCUT2D eigenvalue weighted by Gasteiger charge is 2.26. The van der Waals surface area contributed by atoms with Gasteiger partial charge in [-0.3, -0.25) is 10.1 Å². The summed E-state index contributed by atoms with van der Waals surface area (Å²) in [4.78, 5) is 25.1. The van der Waals surface area contributed by atoms with E-state index in [-0.39, 0.29) is 11.5 Å². The first kappa shape index (κ1) is 20.0. The molecule has 7 heteroatoms. The molecule has 148 valence electrons. The van der Waals surface area contributed by atoms with Crippen molar-refractivity contribution in [2.45, 2.75) is 13.0 Å². The van der Waals surface area contributed by atoms with E-state index in [1.54, 1.807) is 23.1 Å². The summed E-state index contributed by atoms with van der Waals surface area (Å²) in [7, 11) is 0. The van der Waals surface area contributed by atoms with Crippen LogP contribution in [0.2, 0.25) is 0 Å². The molecule has 0 aliphatic rings. The zero-order valence-electron chi connectivity index (χ0n) is 15.8. The van der Waals surface area contributed by atoms with Crippen molar-refractivity contribution in [3.63, 3.8) is 0 Å². The Morgan fingerprint density at radius 2 is 1.69 bits per heavy atom. The summed E-state index contributed by atoms with van der Waals surface area (Å²) in [6.07, 6.45) is 0. The Morgan fingerprint density at radius 1 is 1.03 bits per heavy atom. The van der Waals surface area contributed by atoms with E-state index in [9.17, 15) is 19.3 Å². The summed E-state index contributed by atoms with van der Waals surface area (Å²) in [6.45, 7) is 2.21. The second-order valence-corrected chi connectivity index (χ2v) is 6.39. The average molecular weight is 393 g/mol. The molecule has 3 aromatic carbocycles. The van der Waals surface area contributed by atoms with Crippen molar-refractivity contribution in [3.05, 3.63) is 106 Å². The third kappa shape index (κ3) is 4.76. The zero-order valence-corrected chi connectivity index (χ0v) is 15.8. The second kappa shape index (κ2) is 8.97. The lowest BCUT2D eigenvalue weighted by atomic mass is 9.97. The van der Waals surface area contributed by atoms with E-state index in [4.69, 9.17) is 0 Å². The van der Waals surface area contributed by atoms with Gasteiger partial charge in [0.05, 0.1) is 11.0 Å². The molecule has 0 aliphatic carbocycles. The maximum Gasteiger partial charge on any atom is 0.322 e. The van der Waals surface area contributed by atoms with Crippen molar-refractivity contribution < 1.29 is 14.1 Å². The predicted molar refractivity (Wildman–Crippen MR) is 109 cm³/mol. The molecule has 0 aliphatic heterocycles. The minimum atomic E-state index is -0.515. The Balaban J connectivity index is 1.94. The van der Waals surface area contributed by atoms with Gasteiger partial charge < -0.3 is 10.2 Å². The lowest BCUT2D eigenvalue weighted by Gasteiger charge is -2.32. The fourth-order valence-corrected chi connectivity index (χ4v) is 3.17. The quantitative estimate of drug-likeness (QED) is 0.451. The van der Waals surface area contributed by atoms with E-state index in [1.165, 1.54) is 30.3 Å². The molecule has 1 atom stereocenters. The SMILES string of the molecule is CCN(C(=O)Nc1cccc([N+](=O)[O-])c1)[C@H](c1ccccc1)c1ccc(F)cc1. The Morgan fingerprint density at radius 3 is 2.31 bits per heavy atom. The molecule has 0 bridgehead atoms. The third-order valence-electron chi connectivity index (χ3n) is 4.52. The van der Waals surface area contributed by atoms with Gasteiger partial charge in [0.15, 0.2) is 0 Å². The Labute approximate surface area is 167 Å². The molecule has 0 radical (unpaired) electrons. The van der Waals surface area contributed by atoms with Crippen LogP contribution in [0.3, 0.4) is 0 Å². The number of benzene rings is 3. The number of halogens is 1. The maximum absolute atomic E-state index is 13.4. The highest BCUT2D eigenvalue weighted by atomic mass is 19.1. The summed E-state index contributed by atoms with van der Waals surface area (Å²) < 4.78 is 13.4. The van der Waals surface area contributed by atoms with E-state index in [2.05, 4.69) is 5.32 Å². The fourth-order valence-electron chi connectivity index (χ4n) is 3.17. The highest BCUT2D eigenvalue weighted by Crippen LogP contribution is 2.29. The smallest absolute Gasteiger partial charge is 0.314 e. The van der Waals surface area contributed by atoms with Crippen molar-refractivity contribution >= 4 is 17.4 Å². The summed E-state index contributed by atoms with van der Waals surface area (Å²) in [5, 5.41) is 13.7. The summed E-state index contributed by atoms with van der Waals surface area (Å²) in [5.74, 6) is -0.357. The molecule has 3 rings (SSSR count). The minimum Gasteiger partial charge on any atom is -0.314 e. The van der Waals surface area contributed by atoms with Gasteiger partial charge in [0.25, 0.3) is 5.69 Å². The number of nitro benzene ring substituents is 1. The van der Waals surface area contributed by atoms with E-state index in [1.807, 2.05) is 37.3 Å². The van der Waals surface area contributed by atoms with Crippen LogP contribution in [-0.2, 0) is 0 Å². The van der Waals surface area contributed by atoms with Crippen LogP contribution in [0.15, 0.2) is 78.9 Å². The average Bonchev–Trinajstić information content (AvgIpc) is 2.73. The number of amides is 2. The molecule has 0 saturated carbocycles. The second-order valence-electron chi connectivity index (χ2n) is 6.39. The van der Waals surface area contributed by atoms with E-state index >= 15 is 0 Å². The van der Waals surface area contributed by atoms with Gasteiger partial charge in [0.1, 0.15) is 5.82 Å². The number of nitrogens with one attached hydrogen (secondary N) is 1. The molecule has 1 N–H and O–H groups in total. The molecule has 29 heavy (non-hydrogen) atoms. The van der Waals surface area contributed by atoms with Gasteiger partial charge >= 0.3 is 6.03 Å². The Kier molecular flexibility index (Phi) is 6.19. The van der Waals surface area contributed by atoms with Crippen molar-refractivity contribution in [2.24, 2.45) is 0 Å². The lowest BCUT2D eigenvalue weighted by Crippen LogP contribution is -2.38. The largest absolute Gasteiger partial charge is 0.322 e. The number of anilines is 1. The van der Waals surface area contributed by atoms with Gasteiger partial charge in [-0.1, -0.05) is 48.5 Å². The minimum absolute atomic E-state index is 0.107. The normalized spacial score (nSPS) is 11.5. The van der Waals surface area contributed by atoms with Gasteiger partial charge in [-0.05, 0) is 36.2 Å². The van der Waals surface area contributed by atoms with Gasteiger partial charge in [-0.15, -0.1) is 0 Å². The number of urea groups is 1. The number of hydrogen-bond acceptors (Lipinski definition) is 3. The van der Waals surface area contributed by atoms with Crippen molar-refractivity contribution in [1.82, 2.24) is 4.90 Å². The number of nitro groups is 1. The van der Waals surface area contributed by atoms with Crippen molar-refractivity contribution in [1.29, 1.82) is 0 Å². The molecule has 0 fully saturated rings. The van der Waals surface area contributed by atoms with Gasteiger partial charge in [-0.25, -0.2) is 9.18 Å². The van der Waals surface area contributed by atoms with Gasteiger partial charge in [0.2, 0.25) is 0 Å². The van der Waals surface area contributed by atoms with Crippen molar-refractivity contribution in [2.75, 3.05) is 11.9 Å². The first-order valence-corrected chi connectivity index (χ1v) is 9.12. The molecule has 0 saturated heterocycles. The number of hydrogen-bond donors (Lipinski definition) is 1. The molecule has 0 heterocycles. The monoisotopic (exact) mass is 393 g/mol. The van der Waals surface area contributed by atoms with E-state index in [0.717, 1.165) is 11.1 Å². The predicted octanol–water partition coefficient (Wildman–Crippen LogP) is 5.38. The van der Waals surface area contributed by atoms with Crippen LogP contribution in [0.4, 0.5) is 20.6 Å². The summed E-state index contributed by atoms with van der Waals surface area (Å²) in [6, 6.07) is 20.4. The first-order chi connectivity index (χ1) is 14.0. The van der Waals surface area contributed by atoms with Crippen LogP contribution in [0.25, 0.3) is 0 Å². The van der Waals surface area contributed by atoms with Crippen LogP contribution in [0.1, 0.15) is 24.1 Å². The molecule has 3 aromatic rings. The van der Waals surface area contributed by atoms with Crippen LogP contribution in [-0.4, -0.2) is 22.4 Å². The molecule has 0 aromatic heterocycles. The number of rotatable bonds is 6. The maximum atomic E-state index is 13.4. The lowest BCUT2D eigenvalue weighted by molar-refractivity contribution is -0.384. The van der Waals surface area contributed by atoms with E-state index in [0.29, 0.717) is 12.2 Å². The summed E-state index contributed by atoms with van der Waals surface area (Å²) >= 11 is 0. The number of carbonyl (C=O) groups is 1. The van der Waals surface area contributed by atoms with Crippen LogP contribution in [0.5, 0.6) is 0 Å². The fraction of sp³-hybridized carbons (Fsp3) is 0.136. The van der Waals surface area contributed by atoms with Crippen LogP contribution >= 0.6 is 0 Å². The summed E-state index contributed by atoms with van der Waals surface area (Å²) in [5.41, 5.74) is 1.85. The van der Waals surface area contributed by atoms with Gasteiger partial charge in [-0.2, -0.15) is 0 Å². The standard InChI is InChI=1S/C22H20FN3O3/c1-2-25(22(27)24-19-9-6-10-20(15-19)26(28)29)21(16-7-4-3-5-8-16)17-11-13-18(23)14-12-17/h3-15,21H,2H2,1H3,(H,24,27)/t21-/m1/s1.